The second kappa shape index (κ2) is 6.40. The van der Waals surface area contributed by atoms with Crippen LogP contribution in [0.25, 0.3) is 0 Å². The molecule has 4 rings (SSSR count). The molecule has 2 nitrogen and oxygen atoms in total. The van der Waals surface area contributed by atoms with Crippen molar-refractivity contribution in [3.63, 3.8) is 0 Å². The molecule has 0 aliphatic heterocycles. The number of fused-ring (bicyclic) bond motifs is 1. The SMILES string of the molecule is O=C(NC1CC1)[C@H](Sc1ccc2c(c1)CCC2)c1ccccc1. The topological polar surface area (TPSA) is 29.1 Å². The Hall–Kier alpha value is -1.74. The normalized spacial score (nSPS) is 17.6. The maximum absolute atomic E-state index is 12.7. The Morgan fingerprint density at radius 1 is 1.04 bits per heavy atom. The molecule has 2 aromatic carbocycles. The molecule has 0 unspecified atom stereocenters. The van der Waals surface area contributed by atoms with Crippen LogP contribution >= 0.6 is 11.8 Å². The molecule has 1 amide bonds. The summed E-state index contributed by atoms with van der Waals surface area (Å²) >= 11 is 1.67. The zero-order valence-electron chi connectivity index (χ0n) is 13.1. The Balaban J connectivity index is 1.58. The number of benzene rings is 2. The van der Waals surface area contributed by atoms with Crippen molar-refractivity contribution in [2.75, 3.05) is 0 Å². The van der Waals surface area contributed by atoms with Gasteiger partial charge in [0.25, 0.3) is 0 Å². The molecule has 1 N–H and O–H groups in total. The van der Waals surface area contributed by atoms with Crippen LogP contribution in [-0.2, 0) is 17.6 Å². The zero-order chi connectivity index (χ0) is 15.6. The van der Waals surface area contributed by atoms with Crippen LogP contribution in [0, 0.1) is 0 Å². The molecule has 3 heteroatoms. The van der Waals surface area contributed by atoms with Crippen molar-refractivity contribution in [2.45, 2.75) is 48.3 Å². The lowest BCUT2D eigenvalue weighted by molar-refractivity contribution is -0.120. The Kier molecular flexibility index (Phi) is 4.13. The largest absolute Gasteiger partial charge is 0.352 e. The van der Waals surface area contributed by atoms with E-state index in [1.54, 1.807) is 11.8 Å². The van der Waals surface area contributed by atoms with Crippen molar-refractivity contribution >= 4 is 17.7 Å². The summed E-state index contributed by atoms with van der Waals surface area (Å²) in [7, 11) is 0. The Morgan fingerprint density at radius 3 is 2.61 bits per heavy atom. The molecule has 2 aliphatic carbocycles. The number of nitrogens with one attached hydrogen (secondary N) is 1. The summed E-state index contributed by atoms with van der Waals surface area (Å²) in [5.74, 6) is 0.143. The lowest BCUT2D eigenvalue weighted by Crippen LogP contribution is -2.29. The number of amides is 1. The molecular formula is C20H21NOS. The summed E-state index contributed by atoms with van der Waals surface area (Å²) in [6.45, 7) is 0. The Morgan fingerprint density at radius 2 is 1.83 bits per heavy atom. The van der Waals surface area contributed by atoms with Gasteiger partial charge in [-0.15, -0.1) is 11.8 Å². The van der Waals surface area contributed by atoms with Crippen LogP contribution in [0.4, 0.5) is 0 Å². The van der Waals surface area contributed by atoms with E-state index in [1.807, 2.05) is 18.2 Å². The van der Waals surface area contributed by atoms with Crippen molar-refractivity contribution in [2.24, 2.45) is 0 Å². The number of hydrogen-bond donors (Lipinski definition) is 1. The van der Waals surface area contributed by atoms with Crippen LogP contribution in [0.15, 0.2) is 53.4 Å². The average Bonchev–Trinajstić information content (AvgIpc) is 3.27. The number of rotatable bonds is 5. The van der Waals surface area contributed by atoms with Gasteiger partial charge in [0.2, 0.25) is 5.91 Å². The number of thioether (sulfide) groups is 1. The van der Waals surface area contributed by atoms with Gasteiger partial charge in [-0.2, -0.15) is 0 Å². The monoisotopic (exact) mass is 323 g/mol. The molecule has 23 heavy (non-hydrogen) atoms. The maximum atomic E-state index is 12.7. The first-order valence-corrected chi connectivity index (χ1v) is 9.31. The fourth-order valence-corrected chi connectivity index (χ4v) is 4.26. The van der Waals surface area contributed by atoms with E-state index in [4.69, 9.17) is 0 Å². The van der Waals surface area contributed by atoms with Gasteiger partial charge in [-0.1, -0.05) is 36.4 Å². The standard InChI is InChI=1S/C20H21NOS/c22-20(21-17-10-11-17)19(15-5-2-1-3-6-15)23-18-12-9-14-7-4-8-16(14)13-18/h1-3,5-6,9,12-13,17,19H,4,7-8,10-11H2,(H,21,22)/t19-/m1/s1. The molecule has 1 saturated carbocycles. The first kappa shape index (κ1) is 14.8. The van der Waals surface area contributed by atoms with Crippen LogP contribution < -0.4 is 5.32 Å². The highest BCUT2D eigenvalue weighted by Gasteiger charge is 2.29. The van der Waals surface area contributed by atoms with Crippen molar-refractivity contribution in [3.8, 4) is 0 Å². The second-order valence-electron chi connectivity index (χ2n) is 6.48. The van der Waals surface area contributed by atoms with Gasteiger partial charge in [-0.05, 0) is 60.9 Å². The lowest BCUT2D eigenvalue weighted by Gasteiger charge is -2.17. The molecule has 2 aromatic rings. The molecule has 2 aliphatic rings. The molecule has 0 radical (unpaired) electrons. The summed E-state index contributed by atoms with van der Waals surface area (Å²) in [6.07, 6.45) is 5.87. The van der Waals surface area contributed by atoms with E-state index < -0.39 is 0 Å². The Labute approximate surface area is 141 Å². The maximum Gasteiger partial charge on any atom is 0.238 e. The number of aryl methyl sites for hydroxylation is 2. The van der Waals surface area contributed by atoms with E-state index >= 15 is 0 Å². The van der Waals surface area contributed by atoms with Crippen molar-refractivity contribution in [1.29, 1.82) is 0 Å². The summed E-state index contributed by atoms with van der Waals surface area (Å²) in [6, 6.07) is 17.2. The van der Waals surface area contributed by atoms with E-state index in [0.29, 0.717) is 6.04 Å². The van der Waals surface area contributed by atoms with Crippen LogP contribution in [0.1, 0.15) is 41.2 Å². The van der Waals surface area contributed by atoms with Gasteiger partial charge in [0.15, 0.2) is 0 Å². The molecule has 1 fully saturated rings. The van der Waals surface area contributed by atoms with Crippen LogP contribution in [0.2, 0.25) is 0 Å². The van der Waals surface area contributed by atoms with Crippen molar-refractivity contribution < 1.29 is 4.79 Å². The first-order valence-electron chi connectivity index (χ1n) is 8.43. The van der Waals surface area contributed by atoms with Crippen LogP contribution in [-0.4, -0.2) is 11.9 Å². The van der Waals surface area contributed by atoms with E-state index in [1.165, 1.54) is 35.3 Å². The number of hydrogen-bond acceptors (Lipinski definition) is 2. The molecule has 118 valence electrons. The highest BCUT2D eigenvalue weighted by Crippen LogP contribution is 2.38. The van der Waals surface area contributed by atoms with Crippen LogP contribution in [0.3, 0.4) is 0 Å². The number of carbonyl (C=O) groups excluding carboxylic acids is 1. The fourth-order valence-electron chi connectivity index (χ4n) is 3.16. The number of carbonyl (C=O) groups is 1. The summed E-state index contributed by atoms with van der Waals surface area (Å²) in [5.41, 5.74) is 4.02. The van der Waals surface area contributed by atoms with E-state index in [0.717, 1.165) is 18.4 Å². The highest BCUT2D eigenvalue weighted by molar-refractivity contribution is 8.00. The lowest BCUT2D eigenvalue weighted by atomic mass is 10.1. The Bertz CT molecular complexity index is 709. The molecular weight excluding hydrogens is 302 g/mol. The van der Waals surface area contributed by atoms with Gasteiger partial charge in [0.1, 0.15) is 5.25 Å². The third kappa shape index (κ3) is 3.45. The molecule has 0 spiro atoms. The molecule has 1 atom stereocenters. The predicted molar refractivity (Wildman–Crippen MR) is 94.7 cm³/mol. The van der Waals surface area contributed by atoms with Gasteiger partial charge in [0.05, 0.1) is 0 Å². The highest BCUT2D eigenvalue weighted by atomic mass is 32.2. The van der Waals surface area contributed by atoms with E-state index in [2.05, 4.69) is 35.6 Å². The van der Waals surface area contributed by atoms with E-state index in [-0.39, 0.29) is 11.2 Å². The molecule has 0 saturated heterocycles. The molecule has 0 heterocycles. The van der Waals surface area contributed by atoms with E-state index in [9.17, 15) is 4.79 Å². The van der Waals surface area contributed by atoms with Gasteiger partial charge in [-0.25, -0.2) is 0 Å². The zero-order valence-corrected chi connectivity index (χ0v) is 13.9. The molecule has 0 bridgehead atoms. The van der Waals surface area contributed by atoms with Gasteiger partial charge in [0, 0.05) is 10.9 Å². The minimum absolute atomic E-state index is 0.143. The summed E-state index contributed by atoms with van der Waals surface area (Å²) < 4.78 is 0. The second-order valence-corrected chi connectivity index (χ2v) is 7.65. The van der Waals surface area contributed by atoms with Crippen molar-refractivity contribution in [3.05, 3.63) is 65.2 Å². The van der Waals surface area contributed by atoms with Gasteiger partial charge >= 0.3 is 0 Å². The quantitative estimate of drug-likeness (QED) is 0.832. The predicted octanol–water partition coefficient (Wildman–Crippen LogP) is 4.29. The third-order valence-electron chi connectivity index (χ3n) is 4.59. The first-order chi connectivity index (χ1) is 11.3. The van der Waals surface area contributed by atoms with Crippen LogP contribution in [0.5, 0.6) is 0 Å². The third-order valence-corrected chi connectivity index (χ3v) is 5.84. The smallest absolute Gasteiger partial charge is 0.238 e. The summed E-state index contributed by atoms with van der Waals surface area (Å²) in [4.78, 5) is 13.9. The minimum atomic E-state index is -0.170. The van der Waals surface area contributed by atoms with Crippen molar-refractivity contribution in [1.82, 2.24) is 5.32 Å². The summed E-state index contributed by atoms with van der Waals surface area (Å²) in [5, 5.41) is 3.00. The molecule has 0 aromatic heterocycles. The van der Waals surface area contributed by atoms with Gasteiger partial charge in [-0.3, -0.25) is 4.79 Å². The average molecular weight is 323 g/mol. The minimum Gasteiger partial charge on any atom is -0.352 e. The fraction of sp³-hybridized carbons (Fsp3) is 0.350. The van der Waals surface area contributed by atoms with Gasteiger partial charge < -0.3 is 5.32 Å².